The van der Waals surface area contributed by atoms with Gasteiger partial charge in [-0.05, 0) is 71.5 Å². The van der Waals surface area contributed by atoms with E-state index in [4.69, 9.17) is 21.5 Å². The summed E-state index contributed by atoms with van der Waals surface area (Å²) in [6, 6.07) is 14.0. The van der Waals surface area contributed by atoms with Gasteiger partial charge in [0.15, 0.2) is 11.9 Å². The van der Waals surface area contributed by atoms with Crippen LogP contribution in [0.5, 0.6) is 0 Å². The van der Waals surface area contributed by atoms with Gasteiger partial charge in [0.2, 0.25) is 6.10 Å². The Labute approximate surface area is 318 Å². The van der Waals surface area contributed by atoms with Crippen molar-refractivity contribution in [1.29, 1.82) is 0 Å². The van der Waals surface area contributed by atoms with E-state index in [9.17, 15) is 49.1 Å². The molecule has 0 aromatic heterocycles. The van der Waals surface area contributed by atoms with E-state index in [0.717, 1.165) is 16.7 Å². The van der Waals surface area contributed by atoms with Crippen LogP contribution in [0.15, 0.2) is 71.9 Å². The Morgan fingerprint density at radius 3 is 2.33 bits per heavy atom. The van der Waals surface area contributed by atoms with Crippen molar-refractivity contribution in [2.75, 3.05) is 31.6 Å². The Hall–Kier alpha value is -5.23. The molecule has 0 radical (unpaired) electrons. The molecule has 290 valence electrons. The van der Waals surface area contributed by atoms with Crippen LogP contribution in [0.2, 0.25) is 5.02 Å². The van der Waals surface area contributed by atoms with E-state index < -0.39 is 72.7 Å². The topological polar surface area (TPSA) is 230 Å². The highest BCUT2D eigenvalue weighted by atomic mass is 35.5. The number of aliphatic hydroxyl groups is 5. The molecule has 6 rings (SSSR count). The van der Waals surface area contributed by atoms with Gasteiger partial charge >= 0.3 is 5.97 Å². The molecule has 0 unspecified atom stereocenters. The van der Waals surface area contributed by atoms with Crippen LogP contribution in [0.1, 0.15) is 51.5 Å². The summed E-state index contributed by atoms with van der Waals surface area (Å²) in [6.07, 6.45) is -6.72. The van der Waals surface area contributed by atoms with E-state index in [0.29, 0.717) is 18.4 Å². The van der Waals surface area contributed by atoms with Crippen LogP contribution in [-0.4, -0.2) is 127 Å². The van der Waals surface area contributed by atoms with Crippen LogP contribution in [0.3, 0.4) is 0 Å². The number of halogens is 2. The average molecular weight is 781 g/mol. The SMILES string of the molecule is O=C(O)c1ccc(NC(=O)[C@@H]2c3cccc(C4=CCN(C(=O)[C@H](O)[C@@H](O)[C@H](O)[C@H](O)CO)CC4)c3CCN2C(=O)[C@H]2CC(c3cccc(Cl)c3F)=NO2)cc1. The summed E-state index contributed by atoms with van der Waals surface area (Å²) in [5, 5.41) is 65.2. The van der Waals surface area contributed by atoms with Gasteiger partial charge in [-0.15, -0.1) is 0 Å². The number of aromatic carboxylic acids is 1. The smallest absolute Gasteiger partial charge is 0.335 e. The molecule has 3 aromatic rings. The summed E-state index contributed by atoms with van der Waals surface area (Å²) in [5.74, 6) is -3.90. The molecule has 0 fully saturated rings. The predicted molar refractivity (Wildman–Crippen MR) is 194 cm³/mol. The maximum Gasteiger partial charge on any atom is 0.335 e. The molecule has 3 amide bonds. The highest BCUT2D eigenvalue weighted by Gasteiger charge is 2.43. The molecule has 3 aromatic carbocycles. The molecule has 0 bridgehead atoms. The number of amides is 3. The number of oxime groups is 1. The molecule has 0 saturated carbocycles. The maximum atomic E-state index is 14.8. The summed E-state index contributed by atoms with van der Waals surface area (Å²) < 4.78 is 14.8. The van der Waals surface area contributed by atoms with Crippen molar-refractivity contribution in [2.45, 2.75) is 55.8 Å². The molecule has 3 aliphatic rings. The number of carboxylic acids is 1. The number of nitrogens with one attached hydrogen (secondary N) is 1. The standard InChI is InChI=1S/C38H38ClFN4O11/c39-26-6-2-5-25(30(26)40)27-17-29(55-42-27)36(51)44-16-13-23-22(19-11-14-43(15-12-19)37(52)34(49)33(48)32(47)28(46)18-45)3-1-4-24(23)31(44)35(50)41-21-9-7-20(8-10-21)38(53)54/h1-11,28-29,31-34,45-49H,12-18H2,(H,41,50)(H,53,54)/t28-,29-,31+,32-,33+,34-/m1/s1. The Bertz CT molecular complexity index is 2040. The monoisotopic (exact) mass is 780 g/mol. The molecule has 0 aliphatic carbocycles. The lowest BCUT2D eigenvalue weighted by Crippen LogP contribution is -2.53. The molecule has 3 aliphatic heterocycles. The minimum atomic E-state index is -2.06. The van der Waals surface area contributed by atoms with Crippen LogP contribution in [0.25, 0.3) is 5.57 Å². The van der Waals surface area contributed by atoms with Gasteiger partial charge in [-0.2, -0.15) is 0 Å². The number of carbonyl (C=O) groups excluding carboxylic acids is 3. The van der Waals surface area contributed by atoms with Crippen LogP contribution in [-0.2, 0) is 25.6 Å². The zero-order valence-corrected chi connectivity index (χ0v) is 29.8. The van der Waals surface area contributed by atoms with E-state index in [1.165, 1.54) is 46.2 Å². The maximum absolute atomic E-state index is 14.8. The van der Waals surface area contributed by atoms with Gasteiger partial charge < -0.3 is 50.6 Å². The number of carboxylic acid groups (broad SMARTS) is 1. The fourth-order valence-electron chi connectivity index (χ4n) is 6.95. The molecule has 0 saturated heterocycles. The van der Waals surface area contributed by atoms with E-state index >= 15 is 0 Å². The van der Waals surface area contributed by atoms with Crippen molar-refractivity contribution in [2.24, 2.45) is 5.16 Å². The number of aliphatic hydroxyl groups excluding tert-OH is 5. The first kappa shape index (κ1) is 39.5. The number of fused-ring (bicyclic) bond motifs is 1. The second-order valence-electron chi connectivity index (χ2n) is 13.3. The Balaban J connectivity index is 1.26. The number of nitrogens with zero attached hydrogens (tertiary/aromatic N) is 3. The molecule has 7 N–H and O–H groups in total. The van der Waals surface area contributed by atoms with Gasteiger partial charge in [0.1, 0.15) is 24.4 Å². The van der Waals surface area contributed by atoms with Crippen LogP contribution in [0.4, 0.5) is 10.1 Å². The van der Waals surface area contributed by atoms with E-state index in [-0.39, 0.29) is 53.6 Å². The van der Waals surface area contributed by atoms with Crippen LogP contribution < -0.4 is 5.32 Å². The van der Waals surface area contributed by atoms with Crippen molar-refractivity contribution in [3.05, 3.63) is 105 Å². The average Bonchev–Trinajstić information content (AvgIpc) is 3.70. The second kappa shape index (κ2) is 16.6. The van der Waals surface area contributed by atoms with E-state index in [2.05, 4.69) is 10.5 Å². The number of hydrogen-bond donors (Lipinski definition) is 7. The largest absolute Gasteiger partial charge is 0.478 e. The number of hydrogen-bond acceptors (Lipinski definition) is 11. The lowest BCUT2D eigenvalue weighted by atomic mass is 9.84. The third-order valence-corrected chi connectivity index (χ3v) is 10.2. The Morgan fingerprint density at radius 2 is 1.65 bits per heavy atom. The van der Waals surface area contributed by atoms with Gasteiger partial charge in [-0.3, -0.25) is 14.4 Å². The van der Waals surface area contributed by atoms with Gasteiger partial charge in [-0.1, -0.05) is 47.1 Å². The molecular formula is C38H38ClFN4O11. The minimum Gasteiger partial charge on any atom is -0.478 e. The van der Waals surface area contributed by atoms with E-state index in [1.54, 1.807) is 24.3 Å². The van der Waals surface area contributed by atoms with Gasteiger partial charge in [0, 0.05) is 37.3 Å². The van der Waals surface area contributed by atoms with Crippen molar-refractivity contribution >= 4 is 52.3 Å². The Morgan fingerprint density at radius 1 is 0.945 bits per heavy atom. The number of carbonyl (C=O) groups is 4. The summed E-state index contributed by atoms with van der Waals surface area (Å²) >= 11 is 5.96. The lowest BCUT2D eigenvalue weighted by molar-refractivity contribution is -0.158. The van der Waals surface area contributed by atoms with Crippen LogP contribution >= 0.6 is 11.6 Å². The molecular weight excluding hydrogens is 743 g/mol. The van der Waals surface area contributed by atoms with Gasteiger partial charge in [0.05, 0.1) is 22.9 Å². The zero-order valence-electron chi connectivity index (χ0n) is 29.1. The highest BCUT2D eigenvalue weighted by molar-refractivity contribution is 6.31. The fourth-order valence-corrected chi connectivity index (χ4v) is 7.12. The summed E-state index contributed by atoms with van der Waals surface area (Å²) in [4.78, 5) is 60.8. The zero-order chi connectivity index (χ0) is 39.6. The van der Waals surface area contributed by atoms with Crippen molar-refractivity contribution in [3.63, 3.8) is 0 Å². The lowest BCUT2D eigenvalue weighted by Gasteiger charge is -2.38. The number of rotatable bonds is 11. The fraction of sp³-hybridized carbons (Fsp3) is 0.342. The summed E-state index contributed by atoms with van der Waals surface area (Å²) in [7, 11) is 0. The first-order valence-corrected chi connectivity index (χ1v) is 17.7. The quantitative estimate of drug-likeness (QED) is 0.147. The van der Waals surface area contributed by atoms with E-state index in [1.807, 2.05) is 6.07 Å². The molecule has 3 heterocycles. The number of benzene rings is 3. The molecule has 17 heteroatoms. The normalized spacial score (nSPS) is 20.3. The van der Waals surface area contributed by atoms with Crippen molar-refractivity contribution in [1.82, 2.24) is 9.80 Å². The third kappa shape index (κ3) is 8.10. The molecule has 6 atom stereocenters. The van der Waals surface area contributed by atoms with Gasteiger partial charge in [-0.25, -0.2) is 9.18 Å². The van der Waals surface area contributed by atoms with Crippen molar-refractivity contribution < 1.29 is 59.0 Å². The second-order valence-corrected chi connectivity index (χ2v) is 13.7. The predicted octanol–water partition coefficient (Wildman–Crippen LogP) is 1.49. The molecule has 0 spiro atoms. The summed E-state index contributed by atoms with van der Waals surface area (Å²) in [5.41, 5.74) is 3.41. The van der Waals surface area contributed by atoms with Gasteiger partial charge in [0.25, 0.3) is 17.7 Å². The first-order chi connectivity index (χ1) is 26.3. The van der Waals surface area contributed by atoms with Crippen LogP contribution in [0, 0.1) is 5.82 Å². The molecule has 15 nitrogen and oxygen atoms in total. The number of anilines is 1. The van der Waals surface area contributed by atoms with Crippen molar-refractivity contribution in [3.8, 4) is 0 Å². The third-order valence-electron chi connectivity index (χ3n) is 9.93. The highest BCUT2D eigenvalue weighted by Crippen LogP contribution is 2.38. The first-order valence-electron chi connectivity index (χ1n) is 17.4. The summed E-state index contributed by atoms with van der Waals surface area (Å²) in [6.45, 7) is -0.676. The molecule has 55 heavy (non-hydrogen) atoms. The minimum absolute atomic E-state index is 0.0116. The Kier molecular flexibility index (Phi) is 11.9.